The minimum absolute atomic E-state index is 0.107. The second-order valence-electron chi connectivity index (χ2n) is 7.36. The number of esters is 1. The molecule has 0 saturated heterocycles. The number of ether oxygens (including phenoxy) is 3. The molecule has 3 aromatic carbocycles. The SMILES string of the molecule is CO/C=C(/C(=O)OC)c1ccccc1CO/N=C(\C)c1cccc(OC(F)=Cc2ccccc2)c1. The fourth-order valence-electron chi connectivity index (χ4n) is 3.22. The molecule has 0 heterocycles. The Morgan fingerprint density at radius 1 is 0.971 bits per heavy atom. The van der Waals surface area contributed by atoms with Gasteiger partial charge in [-0.25, -0.2) is 4.79 Å². The van der Waals surface area contributed by atoms with Crippen LogP contribution in [0.5, 0.6) is 5.75 Å². The number of rotatable bonds is 10. The van der Waals surface area contributed by atoms with Crippen LogP contribution in [0.25, 0.3) is 11.6 Å². The monoisotopic (exact) mass is 475 g/mol. The highest BCUT2D eigenvalue weighted by Gasteiger charge is 2.17. The van der Waals surface area contributed by atoms with Crippen LogP contribution in [0, 0.1) is 0 Å². The third-order valence-corrected chi connectivity index (χ3v) is 4.92. The van der Waals surface area contributed by atoms with Gasteiger partial charge in [0.25, 0.3) is 6.01 Å². The molecule has 0 aromatic heterocycles. The van der Waals surface area contributed by atoms with E-state index in [2.05, 4.69) is 5.16 Å². The summed E-state index contributed by atoms with van der Waals surface area (Å²) in [5, 5.41) is 4.17. The number of methoxy groups -OCH3 is 2. The summed E-state index contributed by atoms with van der Waals surface area (Å²) in [6.45, 7) is 1.88. The highest BCUT2D eigenvalue weighted by Crippen LogP contribution is 2.22. The van der Waals surface area contributed by atoms with E-state index in [4.69, 9.17) is 19.0 Å². The number of carbonyl (C=O) groups excluding carboxylic acids is 1. The van der Waals surface area contributed by atoms with Crippen LogP contribution in [-0.2, 0) is 25.7 Å². The van der Waals surface area contributed by atoms with Gasteiger partial charge in [-0.15, -0.1) is 0 Å². The van der Waals surface area contributed by atoms with Crippen molar-refractivity contribution in [2.75, 3.05) is 14.2 Å². The highest BCUT2D eigenvalue weighted by molar-refractivity contribution is 6.16. The maximum atomic E-state index is 14.3. The third-order valence-electron chi connectivity index (χ3n) is 4.92. The van der Waals surface area contributed by atoms with Crippen molar-refractivity contribution in [2.45, 2.75) is 13.5 Å². The largest absolute Gasteiger partial charge is 0.503 e. The Hall–Kier alpha value is -4.39. The first kappa shape index (κ1) is 25.2. The Morgan fingerprint density at radius 2 is 1.71 bits per heavy atom. The van der Waals surface area contributed by atoms with Crippen LogP contribution in [-0.4, -0.2) is 25.9 Å². The Bertz CT molecular complexity index is 1230. The second-order valence-corrected chi connectivity index (χ2v) is 7.36. The molecule has 0 saturated carbocycles. The van der Waals surface area contributed by atoms with E-state index in [-0.39, 0.29) is 12.2 Å². The molecule has 0 amide bonds. The lowest BCUT2D eigenvalue weighted by Crippen LogP contribution is -2.07. The zero-order valence-electron chi connectivity index (χ0n) is 19.7. The molecular weight excluding hydrogens is 449 g/mol. The number of carbonyl (C=O) groups is 1. The summed E-state index contributed by atoms with van der Waals surface area (Å²) in [6.07, 6.45) is 2.64. The van der Waals surface area contributed by atoms with Crippen LogP contribution in [0.3, 0.4) is 0 Å². The van der Waals surface area contributed by atoms with Crippen molar-refractivity contribution in [2.24, 2.45) is 5.16 Å². The molecule has 0 N–H and O–H groups in total. The molecule has 0 aliphatic carbocycles. The molecule has 6 nitrogen and oxygen atoms in total. The van der Waals surface area contributed by atoms with Gasteiger partial charge in [0, 0.05) is 17.2 Å². The van der Waals surface area contributed by atoms with E-state index in [1.807, 2.05) is 36.4 Å². The van der Waals surface area contributed by atoms with Crippen molar-refractivity contribution in [1.82, 2.24) is 0 Å². The quantitative estimate of drug-likeness (QED) is 0.116. The van der Waals surface area contributed by atoms with Gasteiger partial charge in [-0.3, -0.25) is 0 Å². The van der Waals surface area contributed by atoms with E-state index in [1.54, 1.807) is 49.4 Å². The molecule has 3 rings (SSSR count). The van der Waals surface area contributed by atoms with E-state index in [1.165, 1.54) is 26.6 Å². The molecule has 0 radical (unpaired) electrons. The molecule has 3 aromatic rings. The van der Waals surface area contributed by atoms with Crippen molar-refractivity contribution in [3.8, 4) is 5.75 Å². The van der Waals surface area contributed by atoms with Crippen LogP contribution in [0.1, 0.15) is 29.2 Å². The number of hydrogen-bond acceptors (Lipinski definition) is 6. The smallest absolute Gasteiger partial charge is 0.341 e. The predicted octanol–water partition coefficient (Wildman–Crippen LogP) is 6.13. The Morgan fingerprint density at radius 3 is 2.46 bits per heavy atom. The fraction of sp³-hybridized carbons (Fsp3) is 0.143. The molecular formula is C28H26FNO5. The normalized spacial score (nSPS) is 12.2. The second kappa shape index (κ2) is 12.7. The van der Waals surface area contributed by atoms with Gasteiger partial charge in [-0.2, -0.15) is 4.39 Å². The summed E-state index contributed by atoms with van der Waals surface area (Å²) < 4.78 is 29.5. The maximum absolute atomic E-state index is 14.3. The summed E-state index contributed by atoms with van der Waals surface area (Å²) >= 11 is 0. The van der Waals surface area contributed by atoms with Crippen LogP contribution < -0.4 is 4.74 Å². The predicted molar refractivity (Wildman–Crippen MR) is 133 cm³/mol. The van der Waals surface area contributed by atoms with E-state index < -0.39 is 12.0 Å². The van der Waals surface area contributed by atoms with Crippen LogP contribution in [0.4, 0.5) is 4.39 Å². The molecule has 180 valence electrons. The molecule has 0 unspecified atom stereocenters. The van der Waals surface area contributed by atoms with Gasteiger partial charge < -0.3 is 19.0 Å². The first-order valence-electron chi connectivity index (χ1n) is 10.8. The summed E-state index contributed by atoms with van der Waals surface area (Å²) in [5.74, 6) is -0.191. The fourth-order valence-corrected chi connectivity index (χ4v) is 3.22. The number of oxime groups is 1. The van der Waals surface area contributed by atoms with Gasteiger partial charge in [0.2, 0.25) is 0 Å². The number of nitrogens with zero attached hydrogens (tertiary/aromatic N) is 1. The number of hydrogen-bond donors (Lipinski definition) is 0. The topological polar surface area (TPSA) is 66.4 Å². The molecule has 0 fully saturated rings. The summed E-state index contributed by atoms with van der Waals surface area (Å²) in [5.41, 5.74) is 3.58. The number of benzene rings is 3. The van der Waals surface area contributed by atoms with E-state index >= 15 is 0 Å². The standard InChI is InChI=1S/C28H26FNO5/c1-20(22-13-9-14-24(17-22)35-27(29)16-21-10-5-4-6-11-21)30-34-18-23-12-7-8-15-25(23)26(19-32-2)28(31)33-3/h4-17,19H,18H2,1-3H3/b26-19+,27-16?,30-20+. The van der Waals surface area contributed by atoms with Gasteiger partial charge in [-0.05, 0) is 30.2 Å². The van der Waals surface area contributed by atoms with Gasteiger partial charge >= 0.3 is 5.97 Å². The average molecular weight is 476 g/mol. The number of halogens is 1. The van der Waals surface area contributed by atoms with Gasteiger partial charge in [0.1, 0.15) is 17.9 Å². The third kappa shape index (κ3) is 7.30. The first-order chi connectivity index (χ1) is 17.0. The Kier molecular flexibility index (Phi) is 9.19. The molecule has 0 bridgehead atoms. The van der Waals surface area contributed by atoms with Crippen molar-refractivity contribution in [3.63, 3.8) is 0 Å². The van der Waals surface area contributed by atoms with E-state index in [0.29, 0.717) is 28.2 Å². The van der Waals surface area contributed by atoms with Gasteiger partial charge in [0.15, 0.2) is 0 Å². The molecule has 7 heteroatoms. The molecule has 0 atom stereocenters. The molecule has 35 heavy (non-hydrogen) atoms. The van der Waals surface area contributed by atoms with Gasteiger partial charge in [0.05, 0.1) is 26.2 Å². The van der Waals surface area contributed by atoms with Crippen LogP contribution in [0.15, 0.2) is 96.3 Å². The zero-order chi connectivity index (χ0) is 25.0. The lowest BCUT2D eigenvalue weighted by atomic mass is 10.0. The van der Waals surface area contributed by atoms with E-state index in [0.717, 1.165) is 5.56 Å². The lowest BCUT2D eigenvalue weighted by Gasteiger charge is -2.11. The first-order valence-corrected chi connectivity index (χ1v) is 10.8. The Balaban J connectivity index is 1.70. The lowest BCUT2D eigenvalue weighted by molar-refractivity contribution is -0.133. The van der Waals surface area contributed by atoms with Crippen molar-refractivity contribution in [3.05, 3.63) is 113 Å². The van der Waals surface area contributed by atoms with Crippen LogP contribution in [0.2, 0.25) is 0 Å². The molecule has 0 aliphatic rings. The van der Waals surface area contributed by atoms with Gasteiger partial charge in [-0.1, -0.05) is 71.9 Å². The summed E-state index contributed by atoms with van der Waals surface area (Å²) in [6, 6.07) is 22.5. The maximum Gasteiger partial charge on any atom is 0.341 e. The van der Waals surface area contributed by atoms with Crippen molar-refractivity contribution < 1.29 is 28.2 Å². The Labute approximate surface area is 203 Å². The summed E-state index contributed by atoms with van der Waals surface area (Å²) in [4.78, 5) is 17.7. The zero-order valence-corrected chi connectivity index (χ0v) is 19.7. The average Bonchev–Trinajstić information content (AvgIpc) is 2.88. The minimum atomic E-state index is -0.721. The van der Waals surface area contributed by atoms with E-state index in [9.17, 15) is 9.18 Å². The van der Waals surface area contributed by atoms with Crippen molar-refractivity contribution >= 4 is 23.3 Å². The molecule has 0 spiro atoms. The van der Waals surface area contributed by atoms with Crippen molar-refractivity contribution in [1.29, 1.82) is 0 Å². The minimum Gasteiger partial charge on any atom is -0.503 e. The van der Waals surface area contributed by atoms with Crippen LogP contribution >= 0.6 is 0 Å². The summed E-state index contributed by atoms with van der Waals surface area (Å²) in [7, 11) is 2.76. The highest BCUT2D eigenvalue weighted by atomic mass is 19.1. The molecule has 0 aliphatic heterocycles.